The number of aliphatic imine (C=N–C) groups is 1. The Bertz CT molecular complexity index is 528. The van der Waals surface area contributed by atoms with Crippen LogP contribution in [0.4, 0.5) is 0 Å². The first kappa shape index (κ1) is 19.3. The molecule has 1 aliphatic carbocycles. The number of para-hydroxylation sites is 1. The van der Waals surface area contributed by atoms with Gasteiger partial charge in [0, 0.05) is 25.4 Å². The highest BCUT2D eigenvalue weighted by atomic mass is 127. The molecule has 1 saturated carbocycles. The molecular formula is C18H28IN3O2. The molecule has 1 aliphatic heterocycles. The quantitative estimate of drug-likeness (QED) is 0.370. The molecule has 1 aromatic carbocycles. The second-order valence-electron chi connectivity index (χ2n) is 6.41. The van der Waals surface area contributed by atoms with Crippen LogP contribution in [0.25, 0.3) is 0 Å². The predicted molar refractivity (Wildman–Crippen MR) is 107 cm³/mol. The topological polar surface area (TPSA) is 65.9 Å². The van der Waals surface area contributed by atoms with E-state index in [2.05, 4.69) is 34.7 Å². The van der Waals surface area contributed by atoms with Gasteiger partial charge in [0.25, 0.3) is 0 Å². The van der Waals surface area contributed by atoms with E-state index in [0.29, 0.717) is 12.5 Å². The average molecular weight is 445 g/mol. The van der Waals surface area contributed by atoms with E-state index in [9.17, 15) is 5.11 Å². The largest absolute Gasteiger partial charge is 0.488 e. The number of aliphatic hydroxyl groups excluding tert-OH is 1. The maximum absolute atomic E-state index is 9.90. The number of rotatable bonds is 5. The first-order valence-corrected chi connectivity index (χ1v) is 8.71. The van der Waals surface area contributed by atoms with Crippen LogP contribution in [0.5, 0.6) is 5.75 Å². The van der Waals surface area contributed by atoms with E-state index in [-0.39, 0.29) is 36.2 Å². The number of halogens is 1. The molecule has 0 amide bonds. The summed E-state index contributed by atoms with van der Waals surface area (Å²) in [5, 5.41) is 16.5. The van der Waals surface area contributed by atoms with E-state index in [1.807, 2.05) is 12.1 Å². The van der Waals surface area contributed by atoms with Crippen molar-refractivity contribution in [1.82, 2.24) is 10.6 Å². The van der Waals surface area contributed by atoms with Crippen molar-refractivity contribution in [2.45, 2.75) is 44.8 Å². The van der Waals surface area contributed by atoms with Crippen molar-refractivity contribution < 1.29 is 9.84 Å². The fourth-order valence-electron chi connectivity index (χ4n) is 3.36. The Hall–Kier alpha value is -1.02. The highest BCUT2D eigenvalue weighted by Crippen LogP contribution is 2.28. The van der Waals surface area contributed by atoms with Crippen LogP contribution in [0.3, 0.4) is 0 Å². The second kappa shape index (κ2) is 9.46. The van der Waals surface area contributed by atoms with Gasteiger partial charge in [-0.15, -0.1) is 24.0 Å². The van der Waals surface area contributed by atoms with Gasteiger partial charge in [-0.2, -0.15) is 0 Å². The lowest BCUT2D eigenvalue weighted by Crippen LogP contribution is -2.42. The first-order valence-electron chi connectivity index (χ1n) is 8.71. The molecular weight excluding hydrogens is 417 g/mol. The fourth-order valence-corrected chi connectivity index (χ4v) is 3.36. The van der Waals surface area contributed by atoms with Crippen molar-refractivity contribution >= 4 is 29.9 Å². The summed E-state index contributed by atoms with van der Waals surface area (Å²) in [6, 6.07) is 8.20. The summed E-state index contributed by atoms with van der Waals surface area (Å²) in [5.74, 6) is 2.11. The van der Waals surface area contributed by atoms with Gasteiger partial charge in [0.2, 0.25) is 0 Å². The van der Waals surface area contributed by atoms with Crippen LogP contribution >= 0.6 is 24.0 Å². The number of benzene rings is 1. The fraction of sp³-hybridized carbons (Fsp3) is 0.611. The van der Waals surface area contributed by atoms with Crippen LogP contribution in [-0.2, 0) is 6.42 Å². The molecule has 134 valence electrons. The monoisotopic (exact) mass is 445 g/mol. The van der Waals surface area contributed by atoms with E-state index in [1.54, 1.807) is 0 Å². The second-order valence-corrected chi connectivity index (χ2v) is 6.41. The van der Waals surface area contributed by atoms with Crippen molar-refractivity contribution in [3.8, 4) is 5.75 Å². The SMILES string of the molecule is CCNC(=NCC1CCCC1O)NCC1Cc2ccccc2O1.I. The van der Waals surface area contributed by atoms with Gasteiger partial charge in [-0.05, 0) is 31.4 Å². The number of nitrogens with zero attached hydrogens (tertiary/aromatic N) is 1. The minimum absolute atomic E-state index is 0. The molecule has 0 saturated heterocycles. The van der Waals surface area contributed by atoms with Crippen LogP contribution in [-0.4, -0.2) is 42.9 Å². The molecule has 2 aliphatic rings. The van der Waals surface area contributed by atoms with Crippen molar-refractivity contribution in [1.29, 1.82) is 0 Å². The molecule has 3 unspecified atom stereocenters. The predicted octanol–water partition coefficient (Wildman–Crippen LogP) is 2.32. The lowest BCUT2D eigenvalue weighted by molar-refractivity contribution is 0.136. The Morgan fingerprint density at radius 1 is 1.29 bits per heavy atom. The van der Waals surface area contributed by atoms with E-state index in [1.165, 1.54) is 5.56 Å². The maximum atomic E-state index is 9.90. The minimum atomic E-state index is -0.186. The average Bonchev–Trinajstić information content (AvgIpc) is 3.15. The van der Waals surface area contributed by atoms with E-state index < -0.39 is 0 Å². The molecule has 5 nitrogen and oxygen atoms in total. The van der Waals surface area contributed by atoms with Gasteiger partial charge < -0.3 is 20.5 Å². The Kier molecular flexibility index (Phi) is 7.61. The molecule has 3 rings (SSSR count). The van der Waals surface area contributed by atoms with Gasteiger partial charge in [0.1, 0.15) is 11.9 Å². The van der Waals surface area contributed by atoms with Crippen molar-refractivity contribution in [2.24, 2.45) is 10.9 Å². The highest BCUT2D eigenvalue weighted by molar-refractivity contribution is 14.0. The summed E-state index contributed by atoms with van der Waals surface area (Å²) in [6.07, 6.45) is 4.00. The Morgan fingerprint density at radius 3 is 2.83 bits per heavy atom. The molecule has 24 heavy (non-hydrogen) atoms. The number of hydrogen-bond acceptors (Lipinski definition) is 3. The zero-order valence-electron chi connectivity index (χ0n) is 14.2. The first-order chi connectivity index (χ1) is 11.3. The van der Waals surface area contributed by atoms with Gasteiger partial charge in [0.15, 0.2) is 5.96 Å². The number of aliphatic hydroxyl groups is 1. The molecule has 1 aromatic rings. The Labute approximate surface area is 161 Å². The molecule has 3 atom stereocenters. The van der Waals surface area contributed by atoms with Gasteiger partial charge in [-0.3, -0.25) is 4.99 Å². The zero-order chi connectivity index (χ0) is 16.1. The molecule has 0 aromatic heterocycles. The molecule has 3 N–H and O–H groups in total. The highest BCUT2D eigenvalue weighted by Gasteiger charge is 2.25. The molecule has 1 fully saturated rings. The number of ether oxygens (including phenoxy) is 1. The van der Waals surface area contributed by atoms with Crippen LogP contribution in [0, 0.1) is 5.92 Å². The van der Waals surface area contributed by atoms with Crippen LogP contribution in [0.1, 0.15) is 31.7 Å². The smallest absolute Gasteiger partial charge is 0.191 e. The maximum Gasteiger partial charge on any atom is 0.191 e. The van der Waals surface area contributed by atoms with Crippen LogP contribution in [0.2, 0.25) is 0 Å². The standard InChI is InChI=1S/C18H27N3O2.HI/c1-2-19-18(20-11-14-7-5-8-16(14)22)21-12-15-10-13-6-3-4-9-17(13)23-15;/h3-4,6,9,14-16,22H,2,5,7-8,10-12H2,1H3,(H2,19,20,21);1H. The number of guanidine groups is 1. The summed E-state index contributed by atoms with van der Waals surface area (Å²) in [4.78, 5) is 4.63. The summed E-state index contributed by atoms with van der Waals surface area (Å²) in [7, 11) is 0. The van der Waals surface area contributed by atoms with E-state index in [0.717, 1.165) is 50.5 Å². The number of hydrogen-bond donors (Lipinski definition) is 3. The summed E-state index contributed by atoms with van der Waals surface area (Å²) >= 11 is 0. The van der Waals surface area contributed by atoms with Gasteiger partial charge in [0.05, 0.1) is 12.6 Å². The molecule has 6 heteroatoms. The minimum Gasteiger partial charge on any atom is -0.488 e. The van der Waals surface area contributed by atoms with Crippen molar-refractivity contribution in [2.75, 3.05) is 19.6 Å². The van der Waals surface area contributed by atoms with Crippen LogP contribution < -0.4 is 15.4 Å². The molecule has 1 heterocycles. The lowest BCUT2D eigenvalue weighted by atomic mass is 10.1. The van der Waals surface area contributed by atoms with E-state index >= 15 is 0 Å². The van der Waals surface area contributed by atoms with Crippen LogP contribution in [0.15, 0.2) is 29.3 Å². The van der Waals surface area contributed by atoms with Gasteiger partial charge in [-0.1, -0.05) is 24.6 Å². The summed E-state index contributed by atoms with van der Waals surface area (Å²) in [6.45, 7) is 4.30. The molecule has 0 radical (unpaired) electrons. The molecule has 0 bridgehead atoms. The lowest BCUT2D eigenvalue weighted by Gasteiger charge is -2.17. The zero-order valence-corrected chi connectivity index (χ0v) is 16.5. The van der Waals surface area contributed by atoms with Crippen molar-refractivity contribution in [3.63, 3.8) is 0 Å². The third-order valence-electron chi connectivity index (χ3n) is 4.66. The van der Waals surface area contributed by atoms with Gasteiger partial charge in [-0.25, -0.2) is 0 Å². The summed E-state index contributed by atoms with van der Waals surface area (Å²) < 4.78 is 5.95. The van der Waals surface area contributed by atoms with Gasteiger partial charge >= 0.3 is 0 Å². The normalized spacial score (nSPS) is 25.6. The third-order valence-corrected chi connectivity index (χ3v) is 4.66. The van der Waals surface area contributed by atoms with Crippen molar-refractivity contribution in [3.05, 3.63) is 29.8 Å². The Balaban J connectivity index is 0.00000208. The third kappa shape index (κ3) is 4.99. The molecule has 0 spiro atoms. The number of fused-ring (bicyclic) bond motifs is 1. The Morgan fingerprint density at radius 2 is 2.12 bits per heavy atom. The number of nitrogens with one attached hydrogen (secondary N) is 2. The van der Waals surface area contributed by atoms with E-state index in [4.69, 9.17) is 4.74 Å². The summed E-state index contributed by atoms with van der Waals surface area (Å²) in [5.41, 5.74) is 1.27.